The van der Waals surface area contributed by atoms with Crippen LogP contribution in [0.2, 0.25) is 0 Å². The molecule has 3 N–H and O–H groups in total. The average molecular weight is 708 g/mol. The van der Waals surface area contributed by atoms with Gasteiger partial charge in [-0.2, -0.15) is 5.10 Å². The maximum Gasteiger partial charge on any atom is 0.272 e. The first-order chi connectivity index (χ1) is 23.9. The van der Waals surface area contributed by atoms with Gasteiger partial charge < -0.3 is 20.2 Å². The molecule has 1 aliphatic heterocycles. The number of ketones is 1. The molecule has 262 valence electrons. The van der Waals surface area contributed by atoms with Gasteiger partial charge in [0.05, 0.1) is 28.4 Å². The highest BCUT2D eigenvalue weighted by Crippen LogP contribution is 2.40. The summed E-state index contributed by atoms with van der Waals surface area (Å²) >= 11 is 0. The third-order valence-electron chi connectivity index (χ3n) is 9.35. The van der Waals surface area contributed by atoms with E-state index in [-0.39, 0.29) is 39.7 Å². The monoisotopic (exact) mass is 707 g/mol. The van der Waals surface area contributed by atoms with Crippen LogP contribution in [0.4, 0.5) is 19.0 Å². The Balaban J connectivity index is 1.15. The zero-order valence-corrected chi connectivity index (χ0v) is 28.3. The Morgan fingerprint density at radius 1 is 1.02 bits per heavy atom. The Labute approximate surface area is 287 Å². The van der Waals surface area contributed by atoms with Gasteiger partial charge in [-0.3, -0.25) is 4.79 Å². The molecule has 2 aliphatic rings. The Bertz CT molecular complexity index is 2180. The molecule has 1 aliphatic carbocycles. The number of carbonyl (C=O) groups excluding carboxylic acids is 1. The van der Waals surface area contributed by atoms with E-state index in [1.54, 1.807) is 42.5 Å². The summed E-state index contributed by atoms with van der Waals surface area (Å²) in [6, 6.07) is 14.6. The largest absolute Gasteiger partial charge is 0.487 e. The molecule has 7 rings (SSSR count). The van der Waals surface area contributed by atoms with E-state index in [9.17, 15) is 26.4 Å². The minimum atomic E-state index is -3.31. The van der Waals surface area contributed by atoms with Crippen molar-refractivity contribution >= 4 is 32.5 Å². The number of aryl methyl sites for hydroxylation is 2. The molecule has 0 unspecified atom stereocenters. The van der Waals surface area contributed by atoms with Crippen LogP contribution in [0.1, 0.15) is 64.3 Å². The van der Waals surface area contributed by atoms with Crippen LogP contribution in [-0.2, 0) is 10.0 Å². The number of anilines is 1. The second-order valence-corrected chi connectivity index (χ2v) is 15.1. The van der Waals surface area contributed by atoms with Crippen LogP contribution < -0.4 is 15.2 Å². The predicted molar refractivity (Wildman–Crippen MR) is 183 cm³/mol. The summed E-state index contributed by atoms with van der Waals surface area (Å²) in [4.78, 5) is 17.0. The van der Waals surface area contributed by atoms with Crippen molar-refractivity contribution in [2.24, 2.45) is 0 Å². The molecule has 1 saturated heterocycles. The molecule has 0 spiro atoms. The van der Waals surface area contributed by atoms with Gasteiger partial charge in [-0.15, -0.1) is 0 Å². The fraction of sp³-hybridized carbons (Fsp3) is 0.333. The molecular weight excluding hydrogens is 671 g/mol. The number of para-hydroxylation sites is 1. The Hall–Kier alpha value is -4.82. The lowest BCUT2D eigenvalue weighted by molar-refractivity contribution is 0.0811. The number of halogens is 3. The fourth-order valence-electron chi connectivity index (χ4n) is 6.71. The average Bonchev–Trinajstić information content (AvgIpc) is 3.77. The molecule has 0 bridgehead atoms. The first kappa shape index (κ1) is 33.7. The van der Waals surface area contributed by atoms with Gasteiger partial charge in [-0.1, -0.05) is 12.1 Å². The van der Waals surface area contributed by atoms with Crippen LogP contribution in [0.15, 0.2) is 60.8 Å². The van der Waals surface area contributed by atoms with Crippen molar-refractivity contribution in [2.75, 3.05) is 25.4 Å². The Kier molecular flexibility index (Phi) is 8.85. The van der Waals surface area contributed by atoms with Crippen molar-refractivity contribution in [2.45, 2.75) is 57.1 Å². The highest BCUT2D eigenvalue weighted by atomic mass is 32.2. The number of piperidine rings is 1. The third-order valence-corrected chi connectivity index (χ3v) is 11.8. The predicted octanol–water partition coefficient (Wildman–Crippen LogP) is 7.03. The zero-order valence-electron chi connectivity index (χ0n) is 27.5. The normalized spacial score (nSPS) is 16.0. The number of hydrogen-bond donors (Lipinski definition) is 2. The summed E-state index contributed by atoms with van der Waals surface area (Å²) in [6.45, 7) is 3.55. The van der Waals surface area contributed by atoms with E-state index in [4.69, 9.17) is 15.2 Å². The molecule has 10 nitrogen and oxygen atoms in total. The van der Waals surface area contributed by atoms with Crippen LogP contribution >= 0.6 is 0 Å². The SMILES string of the molecule is Cc1cc(Oc2ccccc2F)cc(C)c1-n1ncc(C(=O)c2cc3cc(OCC(F)F)c(C4CCN(S(=O)(=O)C5CC5)CC4)cc3[nH]2)c1N. The first-order valence-corrected chi connectivity index (χ1v) is 17.9. The third kappa shape index (κ3) is 6.44. The van der Waals surface area contributed by atoms with Gasteiger partial charge in [-0.05, 0) is 105 Å². The van der Waals surface area contributed by atoms with Gasteiger partial charge in [-0.25, -0.2) is 30.6 Å². The molecule has 0 radical (unpaired) electrons. The standard InChI is InChI=1S/C36H36F3N5O5S/c1-20-13-24(49-31-6-4-3-5-28(31)37)14-21(2)34(20)44-36(40)27(18-41-44)35(45)30-15-23-16-32(48-19-33(38)39)26(17-29(23)42-30)22-9-11-43(12-10-22)50(46,47)25-7-8-25/h3-6,13-18,22,25,33,42H,7-12,19,40H2,1-2H3. The summed E-state index contributed by atoms with van der Waals surface area (Å²) in [5, 5.41) is 4.71. The lowest BCUT2D eigenvalue weighted by atomic mass is 9.89. The molecule has 3 aromatic carbocycles. The number of hydrogen-bond acceptors (Lipinski definition) is 7. The maximum absolute atomic E-state index is 14.2. The highest BCUT2D eigenvalue weighted by Gasteiger charge is 2.41. The molecule has 0 amide bonds. The fourth-order valence-corrected chi connectivity index (χ4v) is 8.59. The van der Waals surface area contributed by atoms with Gasteiger partial charge in [0.25, 0.3) is 6.43 Å². The number of H-pyrrole nitrogens is 1. The van der Waals surface area contributed by atoms with Crippen molar-refractivity contribution in [3.05, 3.63) is 94.6 Å². The highest BCUT2D eigenvalue weighted by molar-refractivity contribution is 7.90. The number of benzene rings is 3. The van der Waals surface area contributed by atoms with Crippen LogP contribution in [0, 0.1) is 19.7 Å². The molecule has 50 heavy (non-hydrogen) atoms. The molecule has 1 saturated carbocycles. The molecule has 3 heterocycles. The molecular formula is C36H36F3N5O5S. The summed E-state index contributed by atoms with van der Waals surface area (Å²) in [7, 11) is -3.31. The van der Waals surface area contributed by atoms with E-state index in [1.165, 1.54) is 27.3 Å². The summed E-state index contributed by atoms with van der Waals surface area (Å²) < 4.78 is 80.5. The number of ether oxygens (including phenoxy) is 2. The van der Waals surface area contributed by atoms with Crippen LogP contribution in [0.25, 0.3) is 16.6 Å². The number of aromatic amines is 1. The van der Waals surface area contributed by atoms with Crippen molar-refractivity contribution < 1.29 is 35.9 Å². The van der Waals surface area contributed by atoms with E-state index in [0.29, 0.717) is 66.7 Å². The second kappa shape index (κ2) is 13.1. The van der Waals surface area contributed by atoms with E-state index >= 15 is 0 Å². The lowest BCUT2D eigenvalue weighted by Crippen LogP contribution is -2.39. The van der Waals surface area contributed by atoms with E-state index in [0.717, 1.165) is 11.1 Å². The number of aromatic nitrogens is 3. The molecule has 14 heteroatoms. The minimum Gasteiger partial charge on any atom is -0.487 e. The lowest BCUT2D eigenvalue weighted by Gasteiger charge is -2.32. The van der Waals surface area contributed by atoms with Gasteiger partial charge in [0.1, 0.15) is 23.9 Å². The number of rotatable bonds is 11. The van der Waals surface area contributed by atoms with Crippen molar-refractivity contribution in [3.63, 3.8) is 0 Å². The van der Waals surface area contributed by atoms with E-state index in [1.807, 2.05) is 13.8 Å². The minimum absolute atomic E-state index is 0.0911. The maximum atomic E-state index is 14.2. The number of alkyl halides is 2. The number of carbonyl (C=O) groups is 1. The summed E-state index contributed by atoms with van der Waals surface area (Å²) in [5.74, 6) is -0.123. The topological polar surface area (TPSA) is 133 Å². The first-order valence-electron chi connectivity index (χ1n) is 16.4. The van der Waals surface area contributed by atoms with Gasteiger partial charge in [0.2, 0.25) is 15.8 Å². The van der Waals surface area contributed by atoms with E-state index in [2.05, 4.69) is 10.1 Å². The van der Waals surface area contributed by atoms with Gasteiger partial charge in [0, 0.05) is 24.0 Å². The molecule has 5 aromatic rings. The van der Waals surface area contributed by atoms with Crippen molar-refractivity contribution in [3.8, 4) is 22.9 Å². The zero-order chi connectivity index (χ0) is 35.3. The quantitative estimate of drug-likeness (QED) is 0.141. The number of nitrogens with two attached hydrogens (primary N) is 1. The number of nitrogens with zero attached hydrogens (tertiary/aromatic N) is 3. The van der Waals surface area contributed by atoms with E-state index < -0.39 is 34.7 Å². The number of nitrogens with one attached hydrogen (secondary N) is 1. The Morgan fingerprint density at radius 3 is 2.38 bits per heavy atom. The Morgan fingerprint density at radius 2 is 1.72 bits per heavy atom. The van der Waals surface area contributed by atoms with Crippen molar-refractivity contribution in [1.29, 1.82) is 0 Å². The van der Waals surface area contributed by atoms with Crippen LogP contribution in [0.3, 0.4) is 0 Å². The van der Waals surface area contributed by atoms with Crippen LogP contribution in [-0.4, -0.2) is 64.6 Å². The number of fused-ring (bicyclic) bond motifs is 1. The number of sulfonamides is 1. The molecule has 2 aromatic heterocycles. The molecule has 2 fully saturated rings. The second-order valence-electron chi connectivity index (χ2n) is 12.9. The van der Waals surface area contributed by atoms with Gasteiger partial charge >= 0.3 is 0 Å². The van der Waals surface area contributed by atoms with Crippen LogP contribution in [0.5, 0.6) is 17.2 Å². The summed E-state index contributed by atoms with van der Waals surface area (Å²) in [5.41, 5.74) is 10.3. The molecule has 0 atom stereocenters. The number of nitrogen functional groups attached to an aromatic ring is 1. The van der Waals surface area contributed by atoms with Crippen molar-refractivity contribution in [1.82, 2.24) is 19.1 Å². The summed E-state index contributed by atoms with van der Waals surface area (Å²) in [6.07, 6.45) is 1.10. The van der Waals surface area contributed by atoms with Gasteiger partial charge in [0.15, 0.2) is 11.6 Å². The smallest absolute Gasteiger partial charge is 0.272 e.